The molecule has 1 N–H and O–H groups in total. The first-order valence-electron chi connectivity index (χ1n) is 6.10. The van der Waals surface area contributed by atoms with E-state index in [4.69, 9.17) is 4.74 Å². The van der Waals surface area contributed by atoms with E-state index in [0.29, 0.717) is 0 Å². The van der Waals surface area contributed by atoms with Gasteiger partial charge in [0.25, 0.3) is 0 Å². The van der Waals surface area contributed by atoms with Crippen LogP contribution in [-0.2, 0) is 4.74 Å². The van der Waals surface area contributed by atoms with Crippen LogP contribution < -0.4 is 5.32 Å². The second kappa shape index (κ2) is 10.5. The van der Waals surface area contributed by atoms with E-state index in [1.165, 1.54) is 6.42 Å². The van der Waals surface area contributed by atoms with Crippen LogP contribution in [0.4, 0.5) is 0 Å². The van der Waals surface area contributed by atoms with E-state index in [9.17, 15) is 0 Å². The molecule has 0 atom stereocenters. The first kappa shape index (κ1) is 14.4. The van der Waals surface area contributed by atoms with Crippen molar-refractivity contribution < 1.29 is 4.74 Å². The number of nitrogens with one attached hydrogen (secondary N) is 1. The standard InChI is InChI=1S/C12H21N3OS/c1-2-16-9-4-3-5-13-8-10-17-12-11-14-6-7-15-12/h6-7,11,13H,2-5,8-10H2,1H3. The number of rotatable bonds is 10. The number of nitrogens with zero attached hydrogens (tertiary/aromatic N) is 2. The molecule has 0 fully saturated rings. The molecular weight excluding hydrogens is 234 g/mol. The summed E-state index contributed by atoms with van der Waals surface area (Å²) in [5, 5.41) is 4.40. The second-order valence-electron chi connectivity index (χ2n) is 3.55. The molecule has 17 heavy (non-hydrogen) atoms. The first-order chi connectivity index (χ1) is 8.43. The van der Waals surface area contributed by atoms with E-state index in [-0.39, 0.29) is 0 Å². The van der Waals surface area contributed by atoms with E-state index in [0.717, 1.165) is 43.5 Å². The van der Waals surface area contributed by atoms with Crippen molar-refractivity contribution in [1.82, 2.24) is 15.3 Å². The Hall–Kier alpha value is -0.650. The number of hydrogen-bond donors (Lipinski definition) is 1. The lowest BCUT2D eigenvalue weighted by Gasteiger charge is -2.04. The summed E-state index contributed by atoms with van der Waals surface area (Å²) in [6, 6.07) is 0. The number of hydrogen-bond acceptors (Lipinski definition) is 5. The normalized spacial score (nSPS) is 10.6. The molecule has 0 aliphatic heterocycles. The Morgan fingerprint density at radius 3 is 3.00 bits per heavy atom. The van der Waals surface area contributed by atoms with Gasteiger partial charge in [-0.05, 0) is 26.3 Å². The van der Waals surface area contributed by atoms with E-state index in [2.05, 4.69) is 15.3 Å². The molecule has 5 heteroatoms. The summed E-state index contributed by atoms with van der Waals surface area (Å²) in [6.07, 6.45) is 7.53. The van der Waals surface area contributed by atoms with Gasteiger partial charge in [0.2, 0.25) is 0 Å². The van der Waals surface area contributed by atoms with Crippen molar-refractivity contribution in [3.8, 4) is 0 Å². The predicted octanol–water partition coefficient (Wildman–Crippen LogP) is 1.97. The number of unbranched alkanes of at least 4 members (excludes halogenated alkanes) is 1. The Morgan fingerprint density at radius 1 is 1.29 bits per heavy atom. The van der Waals surface area contributed by atoms with Gasteiger partial charge in [-0.1, -0.05) is 0 Å². The van der Waals surface area contributed by atoms with Gasteiger partial charge in [-0.15, -0.1) is 11.8 Å². The van der Waals surface area contributed by atoms with Gasteiger partial charge < -0.3 is 10.1 Å². The van der Waals surface area contributed by atoms with Crippen LogP contribution in [0.3, 0.4) is 0 Å². The Labute approximate surface area is 108 Å². The molecule has 0 spiro atoms. The molecule has 1 aromatic heterocycles. The maximum absolute atomic E-state index is 5.27. The largest absolute Gasteiger partial charge is 0.382 e. The minimum absolute atomic E-state index is 0.822. The molecular formula is C12H21N3OS. The van der Waals surface area contributed by atoms with Crippen LogP contribution in [0.1, 0.15) is 19.8 Å². The molecule has 0 radical (unpaired) electrons. The van der Waals surface area contributed by atoms with Gasteiger partial charge in [0.1, 0.15) is 5.03 Å². The molecule has 4 nitrogen and oxygen atoms in total. The van der Waals surface area contributed by atoms with E-state index >= 15 is 0 Å². The van der Waals surface area contributed by atoms with E-state index < -0.39 is 0 Å². The van der Waals surface area contributed by atoms with Crippen LogP contribution in [0.25, 0.3) is 0 Å². The van der Waals surface area contributed by atoms with Crippen molar-refractivity contribution in [2.75, 3.05) is 32.1 Å². The van der Waals surface area contributed by atoms with E-state index in [1.807, 2.05) is 6.92 Å². The summed E-state index contributed by atoms with van der Waals surface area (Å²) < 4.78 is 5.27. The fourth-order valence-corrected chi connectivity index (χ4v) is 2.04. The highest BCUT2D eigenvalue weighted by atomic mass is 32.2. The summed E-state index contributed by atoms with van der Waals surface area (Å²) in [6.45, 7) is 5.81. The molecule has 0 amide bonds. The quantitative estimate of drug-likeness (QED) is 0.511. The lowest BCUT2D eigenvalue weighted by molar-refractivity contribution is 0.143. The Kier molecular flexibility index (Phi) is 8.90. The molecule has 0 bridgehead atoms. The molecule has 1 aromatic rings. The van der Waals surface area contributed by atoms with Crippen LogP contribution in [0.15, 0.2) is 23.6 Å². The van der Waals surface area contributed by atoms with Crippen molar-refractivity contribution in [3.05, 3.63) is 18.6 Å². The summed E-state index contributed by atoms with van der Waals surface area (Å²) in [7, 11) is 0. The Morgan fingerprint density at radius 2 is 2.24 bits per heavy atom. The topological polar surface area (TPSA) is 47.0 Å². The molecule has 0 aliphatic rings. The third-order valence-electron chi connectivity index (χ3n) is 2.16. The lowest BCUT2D eigenvalue weighted by atomic mass is 10.3. The van der Waals surface area contributed by atoms with Crippen molar-refractivity contribution in [1.29, 1.82) is 0 Å². The molecule has 96 valence electrons. The molecule has 1 heterocycles. The number of ether oxygens (including phenoxy) is 1. The molecule has 0 saturated heterocycles. The highest BCUT2D eigenvalue weighted by Gasteiger charge is 1.94. The molecule has 0 saturated carbocycles. The minimum Gasteiger partial charge on any atom is -0.382 e. The highest BCUT2D eigenvalue weighted by molar-refractivity contribution is 7.99. The zero-order valence-electron chi connectivity index (χ0n) is 10.4. The SMILES string of the molecule is CCOCCCCNCCSc1cnccn1. The fourth-order valence-electron chi connectivity index (χ4n) is 1.31. The van der Waals surface area contributed by atoms with Crippen LogP contribution >= 0.6 is 11.8 Å². The number of thioether (sulfide) groups is 1. The van der Waals surface area contributed by atoms with Gasteiger partial charge in [0.05, 0.1) is 6.20 Å². The lowest BCUT2D eigenvalue weighted by Crippen LogP contribution is -2.18. The Balaban J connectivity index is 1.85. The number of aromatic nitrogens is 2. The third kappa shape index (κ3) is 8.12. The summed E-state index contributed by atoms with van der Waals surface area (Å²) in [5.41, 5.74) is 0. The Bertz CT molecular complexity index is 272. The zero-order chi connectivity index (χ0) is 12.2. The van der Waals surface area contributed by atoms with Crippen molar-refractivity contribution >= 4 is 11.8 Å². The average Bonchev–Trinajstić information content (AvgIpc) is 2.38. The highest BCUT2D eigenvalue weighted by Crippen LogP contribution is 2.11. The van der Waals surface area contributed by atoms with Gasteiger partial charge in [0, 0.05) is 37.9 Å². The van der Waals surface area contributed by atoms with Crippen LogP contribution in [0, 0.1) is 0 Å². The fraction of sp³-hybridized carbons (Fsp3) is 0.667. The van der Waals surface area contributed by atoms with Gasteiger partial charge in [-0.2, -0.15) is 0 Å². The third-order valence-corrected chi connectivity index (χ3v) is 3.08. The summed E-state index contributed by atoms with van der Waals surface area (Å²) in [5.74, 6) is 1.03. The molecule has 0 aromatic carbocycles. The zero-order valence-corrected chi connectivity index (χ0v) is 11.2. The summed E-state index contributed by atoms with van der Waals surface area (Å²) in [4.78, 5) is 8.23. The van der Waals surface area contributed by atoms with Crippen LogP contribution in [-0.4, -0.2) is 42.0 Å². The van der Waals surface area contributed by atoms with Gasteiger partial charge >= 0.3 is 0 Å². The minimum atomic E-state index is 0.822. The monoisotopic (exact) mass is 255 g/mol. The predicted molar refractivity (Wildman–Crippen MR) is 71.4 cm³/mol. The molecule has 0 aliphatic carbocycles. The maximum Gasteiger partial charge on any atom is 0.114 e. The van der Waals surface area contributed by atoms with E-state index in [1.54, 1.807) is 30.4 Å². The van der Waals surface area contributed by atoms with Gasteiger partial charge in [-0.3, -0.25) is 4.98 Å². The van der Waals surface area contributed by atoms with Crippen molar-refractivity contribution in [3.63, 3.8) is 0 Å². The van der Waals surface area contributed by atoms with Crippen LogP contribution in [0.2, 0.25) is 0 Å². The van der Waals surface area contributed by atoms with Crippen molar-refractivity contribution in [2.24, 2.45) is 0 Å². The molecule has 1 rings (SSSR count). The summed E-state index contributed by atoms with van der Waals surface area (Å²) >= 11 is 1.73. The van der Waals surface area contributed by atoms with Crippen LogP contribution in [0.5, 0.6) is 0 Å². The van der Waals surface area contributed by atoms with Gasteiger partial charge in [0.15, 0.2) is 0 Å². The van der Waals surface area contributed by atoms with Gasteiger partial charge in [-0.25, -0.2) is 4.98 Å². The second-order valence-corrected chi connectivity index (χ2v) is 4.66. The molecule has 0 unspecified atom stereocenters. The van der Waals surface area contributed by atoms with Crippen molar-refractivity contribution in [2.45, 2.75) is 24.8 Å². The first-order valence-corrected chi connectivity index (χ1v) is 7.09. The smallest absolute Gasteiger partial charge is 0.114 e. The maximum atomic E-state index is 5.27. The average molecular weight is 255 g/mol.